The topological polar surface area (TPSA) is 78.4 Å². The second-order valence-electron chi connectivity index (χ2n) is 7.39. The van der Waals surface area contributed by atoms with Crippen molar-refractivity contribution in [3.8, 4) is 0 Å². The van der Waals surface area contributed by atoms with Gasteiger partial charge >= 0.3 is 0 Å². The first-order valence-electron chi connectivity index (χ1n) is 10.2. The van der Waals surface area contributed by atoms with E-state index in [9.17, 15) is 5.11 Å². The minimum Gasteiger partial charge on any atom is -0.387 e. The van der Waals surface area contributed by atoms with Crippen molar-refractivity contribution in [3.05, 3.63) is 35.4 Å². The van der Waals surface area contributed by atoms with Crippen molar-refractivity contribution >= 4 is 5.96 Å². The lowest BCUT2D eigenvalue weighted by atomic mass is 10.1. The minimum absolute atomic E-state index is 0.434. The van der Waals surface area contributed by atoms with Crippen molar-refractivity contribution in [2.75, 3.05) is 52.5 Å². The van der Waals surface area contributed by atoms with Crippen molar-refractivity contribution in [3.63, 3.8) is 0 Å². The van der Waals surface area contributed by atoms with Gasteiger partial charge in [0.05, 0.1) is 32.0 Å². The first-order valence-corrected chi connectivity index (χ1v) is 10.2. The van der Waals surface area contributed by atoms with Gasteiger partial charge in [0.1, 0.15) is 0 Å². The van der Waals surface area contributed by atoms with E-state index in [0.29, 0.717) is 32.2 Å². The Bertz CT molecular complexity index is 584. The Balaban J connectivity index is 1.85. The van der Waals surface area contributed by atoms with E-state index in [1.807, 2.05) is 20.8 Å². The molecule has 0 bridgehead atoms. The fourth-order valence-electron chi connectivity index (χ4n) is 3.04. The number of β-amino-alcohol motifs (C(OH)–C–C–N with tert-alkyl or cyclic N) is 1. The summed E-state index contributed by atoms with van der Waals surface area (Å²) in [5.41, 5.74) is 1.46. The molecule has 0 spiro atoms. The van der Waals surface area contributed by atoms with Crippen LogP contribution >= 0.6 is 0 Å². The average molecular weight is 393 g/mol. The van der Waals surface area contributed by atoms with Gasteiger partial charge in [-0.25, -0.2) is 4.99 Å². The third-order valence-electron chi connectivity index (χ3n) is 4.56. The monoisotopic (exact) mass is 392 g/mol. The maximum atomic E-state index is 10.7. The molecule has 7 nitrogen and oxygen atoms in total. The zero-order valence-electron chi connectivity index (χ0n) is 17.5. The molecule has 1 aromatic carbocycles. The molecule has 1 heterocycles. The van der Waals surface area contributed by atoms with Crippen LogP contribution in [0.15, 0.2) is 29.3 Å². The molecule has 1 fully saturated rings. The molecule has 3 N–H and O–H groups in total. The van der Waals surface area contributed by atoms with Gasteiger partial charge in [0.15, 0.2) is 5.96 Å². The largest absolute Gasteiger partial charge is 0.387 e. The van der Waals surface area contributed by atoms with E-state index >= 15 is 0 Å². The third kappa shape index (κ3) is 8.56. The summed E-state index contributed by atoms with van der Waals surface area (Å²) < 4.78 is 10.8. The van der Waals surface area contributed by atoms with Crippen LogP contribution in [0.4, 0.5) is 0 Å². The lowest BCUT2D eigenvalue weighted by Gasteiger charge is -2.34. The second kappa shape index (κ2) is 12.0. The molecule has 0 saturated carbocycles. The van der Waals surface area contributed by atoms with E-state index in [0.717, 1.165) is 45.0 Å². The Morgan fingerprint density at radius 2 is 1.86 bits per heavy atom. The number of benzene rings is 1. The van der Waals surface area contributed by atoms with Crippen molar-refractivity contribution in [2.45, 2.75) is 39.5 Å². The molecule has 7 heteroatoms. The van der Waals surface area contributed by atoms with Gasteiger partial charge in [-0.3, -0.25) is 4.90 Å². The highest BCUT2D eigenvalue weighted by Crippen LogP contribution is 2.09. The molecule has 1 saturated heterocycles. The number of hydrogen-bond acceptors (Lipinski definition) is 5. The predicted octanol–water partition coefficient (Wildman–Crippen LogP) is 1.36. The predicted molar refractivity (Wildman–Crippen MR) is 112 cm³/mol. The highest BCUT2D eigenvalue weighted by atomic mass is 16.5. The van der Waals surface area contributed by atoms with E-state index in [-0.39, 0.29) is 0 Å². The van der Waals surface area contributed by atoms with Gasteiger partial charge in [0.2, 0.25) is 0 Å². The number of rotatable bonds is 10. The molecule has 0 amide bonds. The SMILES string of the molecule is CCNC(=NCc1ccc(COCC)cc1)NCC(C)(O)CN1CCOCC1. The van der Waals surface area contributed by atoms with Gasteiger partial charge in [0, 0.05) is 39.3 Å². The van der Waals surface area contributed by atoms with Crippen LogP contribution in [-0.2, 0) is 22.6 Å². The highest BCUT2D eigenvalue weighted by molar-refractivity contribution is 5.79. The Labute approximate surface area is 169 Å². The number of nitrogens with zero attached hydrogens (tertiary/aromatic N) is 2. The van der Waals surface area contributed by atoms with E-state index in [1.165, 1.54) is 5.56 Å². The van der Waals surface area contributed by atoms with Crippen LogP contribution in [0.25, 0.3) is 0 Å². The molecular weight excluding hydrogens is 356 g/mol. The fraction of sp³-hybridized carbons (Fsp3) is 0.667. The van der Waals surface area contributed by atoms with Gasteiger partial charge < -0.3 is 25.2 Å². The van der Waals surface area contributed by atoms with Gasteiger partial charge in [-0.2, -0.15) is 0 Å². The quantitative estimate of drug-likeness (QED) is 0.412. The Morgan fingerprint density at radius 3 is 2.50 bits per heavy atom. The smallest absolute Gasteiger partial charge is 0.191 e. The molecule has 0 aromatic heterocycles. The summed E-state index contributed by atoms with van der Waals surface area (Å²) in [6, 6.07) is 8.31. The van der Waals surface area contributed by atoms with E-state index in [2.05, 4.69) is 44.8 Å². The molecular formula is C21H36N4O3. The third-order valence-corrected chi connectivity index (χ3v) is 4.56. The van der Waals surface area contributed by atoms with Gasteiger partial charge in [-0.05, 0) is 31.9 Å². The summed E-state index contributed by atoms with van der Waals surface area (Å²) in [6.07, 6.45) is 0. The maximum Gasteiger partial charge on any atom is 0.191 e. The number of aliphatic imine (C=N–C) groups is 1. The van der Waals surface area contributed by atoms with Crippen LogP contribution in [-0.4, -0.2) is 74.1 Å². The highest BCUT2D eigenvalue weighted by Gasteiger charge is 2.25. The van der Waals surface area contributed by atoms with Gasteiger partial charge in [0.25, 0.3) is 0 Å². The number of aliphatic hydroxyl groups is 1. The first kappa shape index (κ1) is 22.6. The van der Waals surface area contributed by atoms with E-state index in [1.54, 1.807) is 0 Å². The Hall–Kier alpha value is -1.67. The number of guanidine groups is 1. The Kier molecular flexibility index (Phi) is 9.70. The normalized spacial score (nSPS) is 17.9. The van der Waals surface area contributed by atoms with E-state index in [4.69, 9.17) is 9.47 Å². The average Bonchev–Trinajstić information content (AvgIpc) is 2.70. The second-order valence-corrected chi connectivity index (χ2v) is 7.39. The number of hydrogen-bond donors (Lipinski definition) is 3. The summed E-state index contributed by atoms with van der Waals surface area (Å²) in [7, 11) is 0. The fourth-order valence-corrected chi connectivity index (χ4v) is 3.04. The standard InChI is InChI=1S/C21H36N4O3/c1-4-22-20(23-14-18-6-8-19(9-7-18)15-27-5-2)24-16-21(3,26)17-25-10-12-28-13-11-25/h6-9,26H,4-5,10-17H2,1-3H3,(H2,22,23,24). The van der Waals surface area contributed by atoms with Crippen molar-refractivity contribution in [2.24, 2.45) is 4.99 Å². The zero-order chi connectivity index (χ0) is 20.2. The van der Waals surface area contributed by atoms with Crippen LogP contribution in [0.2, 0.25) is 0 Å². The van der Waals surface area contributed by atoms with Crippen molar-refractivity contribution in [1.82, 2.24) is 15.5 Å². The molecule has 1 unspecified atom stereocenters. The molecule has 158 valence electrons. The van der Waals surface area contributed by atoms with Crippen LogP contribution in [0, 0.1) is 0 Å². The van der Waals surface area contributed by atoms with Crippen molar-refractivity contribution < 1.29 is 14.6 Å². The van der Waals surface area contributed by atoms with Gasteiger partial charge in [-0.1, -0.05) is 24.3 Å². The van der Waals surface area contributed by atoms with Crippen molar-refractivity contribution in [1.29, 1.82) is 0 Å². The molecule has 1 aromatic rings. The zero-order valence-corrected chi connectivity index (χ0v) is 17.5. The number of ether oxygens (including phenoxy) is 2. The molecule has 2 rings (SSSR count). The summed E-state index contributed by atoms with van der Waals surface area (Å²) in [5.74, 6) is 0.711. The number of morpholine rings is 1. The van der Waals surface area contributed by atoms with Crippen LogP contribution < -0.4 is 10.6 Å². The summed E-state index contributed by atoms with van der Waals surface area (Å²) in [6.45, 7) is 12.8. The van der Waals surface area contributed by atoms with Crippen LogP contribution in [0.1, 0.15) is 31.9 Å². The first-order chi connectivity index (χ1) is 13.5. The Morgan fingerprint density at radius 1 is 1.18 bits per heavy atom. The lowest BCUT2D eigenvalue weighted by Crippen LogP contribution is -2.52. The molecule has 0 aliphatic carbocycles. The molecule has 28 heavy (non-hydrogen) atoms. The summed E-state index contributed by atoms with van der Waals surface area (Å²) in [4.78, 5) is 6.88. The minimum atomic E-state index is -0.839. The lowest BCUT2D eigenvalue weighted by molar-refractivity contribution is -0.0201. The van der Waals surface area contributed by atoms with E-state index < -0.39 is 5.60 Å². The molecule has 1 aliphatic rings. The molecule has 1 aliphatic heterocycles. The molecule has 1 atom stereocenters. The summed E-state index contributed by atoms with van der Waals surface area (Å²) in [5, 5.41) is 17.2. The van der Waals surface area contributed by atoms with Gasteiger partial charge in [-0.15, -0.1) is 0 Å². The van der Waals surface area contributed by atoms with Crippen LogP contribution in [0.5, 0.6) is 0 Å². The molecule has 0 radical (unpaired) electrons. The van der Waals surface area contributed by atoms with Crippen LogP contribution in [0.3, 0.4) is 0 Å². The maximum absolute atomic E-state index is 10.7. The summed E-state index contributed by atoms with van der Waals surface area (Å²) >= 11 is 0. The number of nitrogens with one attached hydrogen (secondary N) is 2.